The Morgan fingerprint density at radius 3 is 2.90 bits per heavy atom. The summed E-state index contributed by atoms with van der Waals surface area (Å²) >= 11 is 0. The molecule has 2 aromatic rings. The van der Waals surface area contributed by atoms with E-state index in [1.165, 1.54) is 0 Å². The van der Waals surface area contributed by atoms with Crippen LogP contribution in [0.25, 0.3) is 10.8 Å². The fraction of sp³-hybridized carbons (Fsp3) is 0.375. The molecule has 5 nitrogen and oxygen atoms in total. The lowest BCUT2D eigenvalue weighted by Gasteiger charge is -2.12. The van der Waals surface area contributed by atoms with E-state index in [0.29, 0.717) is 12.3 Å². The molecule has 1 atom stereocenters. The first-order valence-corrected chi connectivity index (χ1v) is 7.09. The number of nitrogens with one attached hydrogen (secondary N) is 1. The number of rotatable bonds is 7. The molecule has 0 aliphatic carbocycles. The monoisotopic (exact) mass is 288 g/mol. The summed E-state index contributed by atoms with van der Waals surface area (Å²) in [5.74, 6) is 0.556. The second-order valence-corrected chi connectivity index (χ2v) is 5.32. The summed E-state index contributed by atoms with van der Waals surface area (Å²) in [6.45, 7) is 2.77. The quantitative estimate of drug-likeness (QED) is 0.728. The molecule has 112 valence electrons. The molecule has 0 aliphatic rings. The van der Waals surface area contributed by atoms with E-state index >= 15 is 0 Å². The number of nitrogens with zero attached hydrogens (tertiary/aromatic N) is 1. The van der Waals surface area contributed by atoms with Gasteiger partial charge in [-0.05, 0) is 42.3 Å². The second-order valence-electron chi connectivity index (χ2n) is 5.32. The van der Waals surface area contributed by atoms with Gasteiger partial charge in [0.1, 0.15) is 11.6 Å². The van der Waals surface area contributed by atoms with Crippen molar-refractivity contribution in [3.63, 3.8) is 0 Å². The summed E-state index contributed by atoms with van der Waals surface area (Å²) in [4.78, 5) is 14.8. The van der Waals surface area contributed by atoms with Gasteiger partial charge in [0.15, 0.2) is 0 Å². The molecule has 1 unspecified atom stereocenters. The Hall–Kier alpha value is -2.30. The van der Waals surface area contributed by atoms with Gasteiger partial charge in [0.05, 0.1) is 0 Å². The van der Waals surface area contributed by atoms with Crippen LogP contribution in [-0.2, 0) is 4.79 Å². The molecule has 2 rings (SSSR count). The Balaban J connectivity index is 1.94. The number of fused-ring (bicyclic) bond motifs is 1. The highest BCUT2D eigenvalue weighted by molar-refractivity contribution is 5.92. The molecular formula is C16H20N2O3. The maximum atomic E-state index is 10.5. The highest BCUT2D eigenvalue weighted by Crippen LogP contribution is 2.25. The first-order chi connectivity index (χ1) is 10.1. The Kier molecular flexibility index (Phi) is 4.98. The Labute approximate surface area is 123 Å². The van der Waals surface area contributed by atoms with Crippen LogP contribution in [0.1, 0.15) is 26.2 Å². The van der Waals surface area contributed by atoms with Gasteiger partial charge in [-0.25, -0.2) is 4.98 Å². The van der Waals surface area contributed by atoms with Gasteiger partial charge >= 0.3 is 5.97 Å². The molecule has 21 heavy (non-hydrogen) atoms. The number of carbonyl (C=O) groups is 1. The summed E-state index contributed by atoms with van der Waals surface area (Å²) in [5, 5.41) is 23.4. The molecule has 0 bridgehead atoms. The van der Waals surface area contributed by atoms with E-state index in [0.717, 1.165) is 29.6 Å². The molecule has 1 aromatic carbocycles. The summed E-state index contributed by atoms with van der Waals surface area (Å²) in [6, 6.07) is 7.10. The van der Waals surface area contributed by atoms with E-state index in [2.05, 4.69) is 10.3 Å². The SMILES string of the molecule is CC(CCNc1nccc2ccc(O)cc12)CCC(=O)O. The maximum absolute atomic E-state index is 10.5. The largest absolute Gasteiger partial charge is 0.508 e. The first kappa shape index (κ1) is 15.1. The minimum atomic E-state index is -0.749. The molecule has 5 heteroatoms. The van der Waals surface area contributed by atoms with Crippen molar-refractivity contribution in [2.24, 2.45) is 5.92 Å². The molecule has 0 spiro atoms. The van der Waals surface area contributed by atoms with E-state index in [1.54, 1.807) is 18.3 Å². The van der Waals surface area contributed by atoms with Crippen molar-refractivity contribution in [2.75, 3.05) is 11.9 Å². The highest BCUT2D eigenvalue weighted by atomic mass is 16.4. The molecule has 0 amide bonds. The number of hydrogen-bond donors (Lipinski definition) is 3. The smallest absolute Gasteiger partial charge is 0.303 e. The maximum Gasteiger partial charge on any atom is 0.303 e. The fourth-order valence-electron chi connectivity index (χ4n) is 2.25. The lowest BCUT2D eigenvalue weighted by molar-refractivity contribution is -0.137. The van der Waals surface area contributed by atoms with Crippen LogP contribution in [-0.4, -0.2) is 27.7 Å². The van der Waals surface area contributed by atoms with E-state index in [-0.39, 0.29) is 12.2 Å². The predicted molar refractivity (Wildman–Crippen MR) is 82.5 cm³/mol. The van der Waals surface area contributed by atoms with Crippen molar-refractivity contribution >= 4 is 22.6 Å². The van der Waals surface area contributed by atoms with Gasteiger partial charge in [-0.15, -0.1) is 0 Å². The summed E-state index contributed by atoms with van der Waals surface area (Å²) in [6.07, 6.45) is 3.50. The van der Waals surface area contributed by atoms with Crippen molar-refractivity contribution in [2.45, 2.75) is 26.2 Å². The van der Waals surface area contributed by atoms with Crippen LogP contribution in [0.2, 0.25) is 0 Å². The fourth-order valence-corrected chi connectivity index (χ4v) is 2.25. The molecule has 0 fully saturated rings. The van der Waals surface area contributed by atoms with Gasteiger partial charge in [-0.2, -0.15) is 0 Å². The number of anilines is 1. The van der Waals surface area contributed by atoms with Gasteiger partial charge in [0, 0.05) is 24.5 Å². The van der Waals surface area contributed by atoms with E-state index in [9.17, 15) is 9.90 Å². The minimum Gasteiger partial charge on any atom is -0.508 e. The van der Waals surface area contributed by atoms with Crippen molar-refractivity contribution in [1.29, 1.82) is 0 Å². The van der Waals surface area contributed by atoms with E-state index < -0.39 is 5.97 Å². The first-order valence-electron chi connectivity index (χ1n) is 7.09. The summed E-state index contributed by atoms with van der Waals surface area (Å²) < 4.78 is 0. The number of benzene rings is 1. The van der Waals surface area contributed by atoms with Crippen molar-refractivity contribution in [3.05, 3.63) is 30.5 Å². The third kappa shape index (κ3) is 4.34. The topological polar surface area (TPSA) is 82.5 Å². The van der Waals surface area contributed by atoms with Gasteiger partial charge < -0.3 is 15.5 Å². The molecule has 0 radical (unpaired) electrons. The zero-order valence-electron chi connectivity index (χ0n) is 12.0. The zero-order valence-corrected chi connectivity index (χ0v) is 12.0. The number of aromatic hydroxyl groups is 1. The number of phenols is 1. The van der Waals surface area contributed by atoms with Crippen LogP contribution in [0.4, 0.5) is 5.82 Å². The number of aliphatic carboxylic acids is 1. The number of carboxylic acids is 1. The molecule has 1 aromatic heterocycles. The lowest BCUT2D eigenvalue weighted by atomic mass is 10.0. The zero-order chi connectivity index (χ0) is 15.2. The average molecular weight is 288 g/mol. The van der Waals surface area contributed by atoms with Crippen LogP contribution in [0.5, 0.6) is 5.75 Å². The van der Waals surface area contributed by atoms with Crippen molar-refractivity contribution in [1.82, 2.24) is 4.98 Å². The normalized spacial score (nSPS) is 12.2. The second kappa shape index (κ2) is 6.92. The number of pyridine rings is 1. The van der Waals surface area contributed by atoms with Crippen LogP contribution in [0, 0.1) is 5.92 Å². The van der Waals surface area contributed by atoms with Gasteiger partial charge in [-0.1, -0.05) is 13.0 Å². The highest BCUT2D eigenvalue weighted by Gasteiger charge is 2.07. The number of hydrogen-bond acceptors (Lipinski definition) is 4. The van der Waals surface area contributed by atoms with E-state index in [1.807, 2.05) is 19.1 Å². The van der Waals surface area contributed by atoms with E-state index in [4.69, 9.17) is 5.11 Å². The molecular weight excluding hydrogens is 268 g/mol. The summed E-state index contributed by atoms with van der Waals surface area (Å²) in [7, 11) is 0. The van der Waals surface area contributed by atoms with Gasteiger partial charge in [0.2, 0.25) is 0 Å². The van der Waals surface area contributed by atoms with Crippen molar-refractivity contribution in [3.8, 4) is 5.75 Å². The molecule has 0 aliphatic heterocycles. The van der Waals surface area contributed by atoms with Crippen LogP contribution >= 0.6 is 0 Å². The molecule has 0 saturated carbocycles. The standard InChI is InChI=1S/C16H20N2O3/c1-11(2-5-15(20)21)6-8-17-16-14-10-13(19)4-3-12(14)7-9-18-16/h3-4,7,9-11,19H,2,5-6,8H2,1H3,(H,17,18)(H,20,21). The lowest BCUT2D eigenvalue weighted by Crippen LogP contribution is -2.09. The number of aromatic nitrogens is 1. The number of carboxylic acid groups (broad SMARTS) is 1. The predicted octanol–water partition coefficient (Wildman–Crippen LogP) is 3.24. The molecule has 1 heterocycles. The Morgan fingerprint density at radius 2 is 2.14 bits per heavy atom. The minimum absolute atomic E-state index is 0.210. The Bertz CT molecular complexity index is 628. The molecule has 3 N–H and O–H groups in total. The van der Waals surface area contributed by atoms with Gasteiger partial charge in [-0.3, -0.25) is 4.79 Å². The van der Waals surface area contributed by atoms with Crippen LogP contribution in [0.15, 0.2) is 30.5 Å². The Morgan fingerprint density at radius 1 is 1.33 bits per heavy atom. The molecule has 0 saturated heterocycles. The van der Waals surface area contributed by atoms with Gasteiger partial charge in [0.25, 0.3) is 0 Å². The van der Waals surface area contributed by atoms with Crippen LogP contribution < -0.4 is 5.32 Å². The average Bonchev–Trinajstić information content (AvgIpc) is 2.45. The number of phenolic OH excluding ortho intramolecular Hbond substituents is 1. The third-order valence-electron chi connectivity index (χ3n) is 3.53. The third-order valence-corrected chi connectivity index (χ3v) is 3.53. The summed E-state index contributed by atoms with van der Waals surface area (Å²) in [5.41, 5.74) is 0. The van der Waals surface area contributed by atoms with Crippen LogP contribution in [0.3, 0.4) is 0 Å². The van der Waals surface area contributed by atoms with Crippen molar-refractivity contribution < 1.29 is 15.0 Å².